The third-order valence-corrected chi connectivity index (χ3v) is 4.56. The number of pyridine rings is 2. The number of rotatable bonds is 7. The third-order valence-electron chi connectivity index (χ3n) is 3.90. The fourth-order valence-corrected chi connectivity index (χ4v) is 2.86. The summed E-state index contributed by atoms with van der Waals surface area (Å²) < 4.78 is 11.5. The molecule has 2 aromatic heterocycles. The van der Waals surface area contributed by atoms with Crippen molar-refractivity contribution in [3.8, 4) is 11.5 Å². The molecule has 1 aliphatic rings. The van der Waals surface area contributed by atoms with Crippen LogP contribution in [-0.2, 0) is 6.42 Å². The van der Waals surface area contributed by atoms with E-state index in [4.69, 9.17) is 32.7 Å². The molecule has 0 unspecified atom stereocenters. The molecule has 1 fully saturated rings. The monoisotopic (exact) mass is 382 g/mol. The summed E-state index contributed by atoms with van der Waals surface area (Å²) in [6.45, 7) is 0.591. The van der Waals surface area contributed by atoms with Crippen molar-refractivity contribution < 1.29 is 19.0 Å². The minimum absolute atomic E-state index is 0.0695. The number of ether oxygens (including phenoxy) is 2. The van der Waals surface area contributed by atoms with Gasteiger partial charge in [0.05, 0.1) is 19.9 Å². The molecule has 0 spiro atoms. The molecule has 0 bridgehead atoms. The predicted octanol–water partition coefficient (Wildman–Crippen LogP) is 3.24. The van der Waals surface area contributed by atoms with E-state index >= 15 is 0 Å². The summed E-state index contributed by atoms with van der Waals surface area (Å²) in [5.74, 6) is 1.24. The second-order valence-electron chi connectivity index (χ2n) is 5.87. The van der Waals surface area contributed by atoms with Crippen LogP contribution in [-0.4, -0.2) is 24.5 Å². The highest BCUT2D eigenvalue weighted by Gasteiger charge is 2.23. The lowest BCUT2D eigenvalue weighted by molar-refractivity contribution is -0.605. The number of hydrogen-bond donors (Lipinski definition) is 0. The van der Waals surface area contributed by atoms with Crippen LogP contribution in [0.3, 0.4) is 0 Å². The number of carbonyl (C=O) groups excluding carboxylic acids is 1. The van der Waals surface area contributed by atoms with Gasteiger partial charge >= 0.3 is 0 Å². The van der Waals surface area contributed by atoms with Crippen LogP contribution in [0.1, 0.15) is 28.9 Å². The average Bonchev–Trinajstić information content (AvgIpc) is 3.40. The molecule has 0 amide bonds. The van der Waals surface area contributed by atoms with Crippen LogP contribution in [0.4, 0.5) is 0 Å². The number of ketones is 1. The van der Waals surface area contributed by atoms with Gasteiger partial charge in [0.2, 0.25) is 0 Å². The number of halogens is 2. The van der Waals surface area contributed by atoms with E-state index in [2.05, 4.69) is 4.98 Å². The molecule has 1 saturated carbocycles. The largest absolute Gasteiger partial charge is 0.619 e. The highest BCUT2D eigenvalue weighted by Crippen LogP contribution is 2.33. The average molecular weight is 383 g/mol. The first-order valence-corrected chi connectivity index (χ1v) is 8.50. The van der Waals surface area contributed by atoms with Gasteiger partial charge in [-0.05, 0) is 18.8 Å². The molecule has 0 saturated heterocycles. The predicted molar refractivity (Wildman–Crippen MR) is 92.5 cm³/mol. The van der Waals surface area contributed by atoms with E-state index in [9.17, 15) is 10.0 Å². The summed E-state index contributed by atoms with van der Waals surface area (Å²) in [6.07, 6.45) is 6.01. The lowest BCUT2D eigenvalue weighted by atomic mass is 10.1. The Hall–Kier alpha value is -2.05. The maximum Gasteiger partial charge on any atom is 0.199 e. The maximum atomic E-state index is 12.5. The first-order chi connectivity index (χ1) is 12.0. The summed E-state index contributed by atoms with van der Waals surface area (Å²) >= 11 is 12.0. The quantitative estimate of drug-likeness (QED) is 0.417. The van der Waals surface area contributed by atoms with Gasteiger partial charge in [0.25, 0.3) is 0 Å². The molecule has 6 nitrogen and oxygen atoms in total. The van der Waals surface area contributed by atoms with Crippen molar-refractivity contribution in [2.24, 2.45) is 5.92 Å². The zero-order valence-corrected chi connectivity index (χ0v) is 15.0. The van der Waals surface area contributed by atoms with Crippen LogP contribution in [0.25, 0.3) is 0 Å². The van der Waals surface area contributed by atoms with Crippen molar-refractivity contribution in [2.45, 2.75) is 19.3 Å². The molecule has 2 heterocycles. The Bertz CT molecular complexity index is 786. The Kier molecular flexibility index (Phi) is 5.30. The van der Waals surface area contributed by atoms with Gasteiger partial charge < -0.3 is 14.7 Å². The fourth-order valence-electron chi connectivity index (χ4n) is 2.29. The molecular formula is C17H16Cl2N2O4. The van der Waals surface area contributed by atoms with Crippen LogP contribution in [0.2, 0.25) is 10.0 Å². The van der Waals surface area contributed by atoms with E-state index < -0.39 is 0 Å². The summed E-state index contributed by atoms with van der Waals surface area (Å²) in [6, 6.07) is 1.56. The molecule has 132 valence electrons. The molecule has 0 N–H and O–H groups in total. The summed E-state index contributed by atoms with van der Waals surface area (Å²) in [5, 5.41) is 11.6. The standard InChI is InChI=1S/C17H16Cl2N2O4/c1-24-17-6-20-14(5-16(17)25-9-10-2-3-10)15(22)4-11-12(18)7-21(23)8-13(11)19/h5-8,10H,2-4,9H2,1H3. The molecule has 3 rings (SSSR count). The van der Waals surface area contributed by atoms with Crippen LogP contribution in [0.5, 0.6) is 11.5 Å². The van der Waals surface area contributed by atoms with Crippen molar-refractivity contribution in [3.05, 3.63) is 51.2 Å². The molecular weight excluding hydrogens is 367 g/mol. The van der Waals surface area contributed by atoms with E-state index in [0.29, 0.717) is 34.3 Å². The van der Waals surface area contributed by atoms with Crippen molar-refractivity contribution in [3.63, 3.8) is 0 Å². The molecule has 25 heavy (non-hydrogen) atoms. The topological polar surface area (TPSA) is 75.4 Å². The Morgan fingerprint density at radius 3 is 2.60 bits per heavy atom. The Morgan fingerprint density at radius 1 is 1.32 bits per heavy atom. The Labute approximate surface area is 154 Å². The van der Waals surface area contributed by atoms with Gasteiger partial charge in [-0.2, -0.15) is 4.73 Å². The smallest absolute Gasteiger partial charge is 0.199 e. The highest BCUT2D eigenvalue weighted by molar-refractivity contribution is 6.36. The molecule has 0 aliphatic heterocycles. The number of aromatic nitrogens is 2. The number of Topliss-reactive ketones (excluding diaryl/α,β-unsaturated/α-hetero) is 1. The molecule has 0 radical (unpaired) electrons. The molecule has 0 aromatic carbocycles. The van der Waals surface area contributed by atoms with Gasteiger partial charge in [-0.15, -0.1) is 0 Å². The lowest BCUT2D eigenvalue weighted by Gasteiger charge is -2.11. The van der Waals surface area contributed by atoms with Crippen molar-refractivity contribution in [1.29, 1.82) is 0 Å². The maximum absolute atomic E-state index is 12.5. The van der Waals surface area contributed by atoms with Crippen LogP contribution < -0.4 is 14.2 Å². The number of hydrogen-bond acceptors (Lipinski definition) is 5. The van der Waals surface area contributed by atoms with E-state index in [1.165, 1.54) is 13.3 Å². The number of nitrogens with zero attached hydrogens (tertiary/aromatic N) is 2. The van der Waals surface area contributed by atoms with Gasteiger partial charge in [0.1, 0.15) is 15.7 Å². The number of carbonyl (C=O) groups is 1. The summed E-state index contributed by atoms with van der Waals surface area (Å²) in [5.41, 5.74) is 0.607. The van der Waals surface area contributed by atoms with Gasteiger partial charge in [0, 0.05) is 18.1 Å². The Balaban J connectivity index is 1.80. The SMILES string of the molecule is COc1cnc(C(=O)Cc2c(Cl)c[n+]([O-])cc2Cl)cc1OCC1CC1. The van der Waals surface area contributed by atoms with Gasteiger partial charge in [-0.3, -0.25) is 4.79 Å². The first kappa shape index (κ1) is 17.8. The Morgan fingerprint density at radius 2 is 2.00 bits per heavy atom. The second-order valence-corrected chi connectivity index (χ2v) is 6.68. The van der Waals surface area contributed by atoms with Crippen molar-refractivity contribution in [2.75, 3.05) is 13.7 Å². The lowest BCUT2D eigenvalue weighted by Crippen LogP contribution is -2.25. The van der Waals surface area contributed by atoms with E-state index in [-0.39, 0.29) is 27.9 Å². The zero-order valence-electron chi connectivity index (χ0n) is 13.5. The minimum Gasteiger partial charge on any atom is -0.619 e. The minimum atomic E-state index is -0.286. The zero-order chi connectivity index (χ0) is 18.0. The van der Waals surface area contributed by atoms with Crippen LogP contribution in [0, 0.1) is 11.1 Å². The van der Waals surface area contributed by atoms with E-state index in [0.717, 1.165) is 25.2 Å². The molecule has 0 atom stereocenters. The molecule has 8 heteroatoms. The fraction of sp³-hybridized carbons (Fsp3) is 0.353. The van der Waals surface area contributed by atoms with Gasteiger partial charge in [0.15, 0.2) is 29.7 Å². The first-order valence-electron chi connectivity index (χ1n) is 7.74. The van der Waals surface area contributed by atoms with Gasteiger partial charge in [-0.1, -0.05) is 23.2 Å². The molecule has 1 aliphatic carbocycles. The van der Waals surface area contributed by atoms with E-state index in [1.54, 1.807) is 6.07 Å². The second kappa shape index (κ2) is 7.45. The number of methoxy groups -OCH3 is 1. The summed E-state index contributed by atoms with van der Waals surface area (Å²) in [4.78, 5) is 16.7. The summed E-state index contributed by atoms with van der Waals surface area (Å²) in [7, 11) is 1.52. The van der Waals surface area contributed by atoms with E-state index in [1.807, 2.05) is 0 Å². The third kappa shape index (κ3) is 4.32. The van der Waals surface area contributed by atoms with Crippen molar-refractivity contribution >= 4 is 29.0 Å². The highest BCUT2D eigenvalue weighted by atomic mass is 35.5. The van der Waals surface area contributed by atoms with Crippen molar-refractivity contribution in [1.82, 2.24) is 4.98 Å². The normalized spacial score (nSPS) is 13.6. The molecule has 2 aromatic rings. The van der Waals surface area contributed by atoms with Gasteiger partial charge in [-0.25, -0.2) is 4.98 Å². The van der Waals surface area contributed by atoms with Crippen LogP contribution in [0.15, 0.2) is 24.7 Å². The van der Waals surface area contributed by atoms with Crippen LogP contribution >= 0.6 is 23.2 Å².